The van der Waals surface area contributed by atoms with Crippen molar-refractivity contribution in [3.05, 3.63) is 24.4 Å². The molecule has 0 aromatic rings. The zero-order valence-corrected chi connectivity index (χ0v) is 9.39. The molecule has 0 saturated heterocycles. The third-order valence-corrected chi connectivity index (χ3v) is 2.88. The maximum atomic E-state index is 6.11. The number of hydrogen-bond acceptors (Lipinski definition) is 5. The highest BCUT2D eigenvalue weighted by molar-refractivity contribution is 5.80. The molecule has 5 nitrogen and oxygen atoms in total. The Kier molecular flexibility index (Phi) is 3.26. The fourth-order valence-corrected chi connectivity index (χ4v) is 1.99. The average molecular weight is 221 g/mol. The predicted molar refractivity (Wildman–Crippen MR) is 65.6 cm³/mol. The minimum Gasteiger partial charge on any atom is -0.370 e. The molecule has 0 amide bonds. The van der Waals surface area contributed by atoms with Crippen LogP contribution in [0.4, 0.5) is 0 Å². The highest BCUT2D eigenvalue weighted by Crippen LogP contribution is 2.16. The summed E-state index contributed by atoms with van der Waals surface area (Å²) in [4.78, 5) is 6.59. The van der Waals surface area contributed by atoms with Crippen molar-refractivity contribution in [2.75, 3.05) is 19.6 Å². The van der Waals surface area contributed by atoms with E-state index in [-0.39, 0.29) is 0 Å². The van der Waals surface area contributed by atoms with Crippen LogP contribution >= 0.6 is 0 Å². The SMILES string of the molecule is NC1=NC(N)(CCCN2CC=CC2)C=CN1. The monoisotopic (exact) mass is 221 g/mol. The number of nitrogens with zero attached hydrogens (tertiary/aromatic N) is 2. The summed E-state index contributed by atoms with van der Waals surface area (Å²) < 4.78 is 0. The Morgan fingerprint density at radius 2 is 2.19 bits per heavy atom. The maximum absolute atomic E-state index is 6.11. The van der Waals surface area contributed by atoms with Crippen LogP contribution in [0.25, 0.3) is 0 Å². The summed E-state index contributed by atoms with van der Waals surface area (Å²) in [5.41, 5.74) is 11.1. The van der Waals surface area contributed by atoms with Crippen LogP contribution in [0.5, 0.6) is 0 Å². The van der Waals surface area contributed by atoms with Gasteiger partial charge in [0.05, 0.1) is 0 Å². The topological polar surface area (TPSA) is 79.7 Å². The molecular formula is C11H19N5. The van der Waals surface area contributed by atoms with Crippen LogP contribution in [0.15, 0.2) is 29.4 Å². The summed E-state index contributed by atoms with van der Waals surface area (Å²) in [6.07, 6.45) is 9.87. The van der Waals surface area contributed by atoms with Gasteiger partial charge < -0.3 is 16.8 Å². The fraction of sp³-hybridized carbons (Fsp3) is 0.545. The largest absolute Gasteiger partial charge is 0.370 e. The molecule has 5 heteroatoms. The van der Waals surface area contributed by atoms with Gasteiger partial charge in [-0.05, 0) is 25.5 Å². The molecule has 2 aliphatic heterocycles. The van der Waals surface area contributed by atoms with Crippen molar-refractivity contribution in [2.45, 2.75) is 18.5 Å². The van der Waals surface area contributed by atoms with Gasteiger partial charge in [0.15, 0.2) is 5.96 Å². The lowest BCUT2D eigenvalue weighted by Gasteiger charge is -2.26. The van der Waals surface area contributed by atoms with Crippen molar-refractivity contribution in [2.24, 2.45) is 16.5 Å². The molecule has 0 fully saturated rings. The second kappa shape index (κ2) is 4.67. The highest BCUT2D eigenvalue weighted by atomic mass is 15.2. The lowest BCUT2D eigenvalue weighted by Crippen LogP contribution is -2.44. The van der Waals surface area contributed by atoms with E-state index in [1.54, 1.807) is 6.20 Å². The van der Waals surface area contributed by atoms with Gasteiger partial charge in [0.1, 0.15) is 5.66 Å². The smallest absolute Gasteiger partial charge is 0.194 e. The van der Waals surface area contributed by atoms with Crippen LogP contribution in [0, 0.1) is 0 Å². The molecule has 0 bridgehead atoms. The van der Waals surface area contributed by atoms with Crippen molar-refractivity contribution in [3.63, 3.8) is 0 Å². The summed E-state index contributed by atoms with van der Waals surface area (Å²) in [5, 5.41) is 2.82. The van der Waals surface area contributed by atoms with Crippen molar-refractivity contribution in [3.8, 4) is 0 Å². The van der Waals surface area contributed by atoms with Crippen molar-refractivity contribution in [1.82, 2.24) is 10.2 Å². The molecule has 0 aromatic heterocycles. The second-order valence-electron chi connectivity index (χ2n) is 4.30. The zero-order chi connectivity index (χ0) is 11.4. The summed E-state index contributed by atoms with van der Waals surface area (Å²) in [5.74, 6) is 0.396. The first-order valence-electron chi connectivity index (χ1n) is 5.64. The van der Waals surface area contributed by atoms with Gasteiger partial charge in [-0.25, -0.2) is 4.99 Å². The van der Waals surface area contributed by atoms with E-state index in [1.807, 2.05) is 6.08 Å². The Bertz CT molecular complexity index is 325. The van der Waals surface area contributed by atoms with E-state index < -0.39 is 5.66 Å². The van der Waals surface area contributed by atoms with Crippen LogP contribution in [0.3, 0.4) is 0 Å². The van der Waals surface area contributed by atoms with E-state index in [0.29, 0.717) is 5.96 Å². The van der Waals surface area contributed by atoms with Crippen LogP contribution < -0.4 is 16.8 Å². The minimum absolute atomic E-state index is 0.396. The minimum atomic E-state index is -0.623. The lowest BCUT2D eigenvalue weighted by molar-refractivity contribution is 0.326. The number of aliphatic imine (C=N–C) groups is 1. The zero-order valence-electron chi connectivity index (χ0n) is 9.39. The molecule has 5 N–H and O–H groups in total. The van der Waals surface area contributed by atoms with Crippen LogP contribution in [-0.2, 0) is 0 Å². The van der Waals surface area contributed by atoms with E-state index in [2.05, 4.69) is 27.4 Å². The Hall–Kier alpha value is -1.33. The van der Waals surface area contributed by atoms with Gasteiger partial charge in [0, 0.05) is 19.3 Å². The number of guanidine groups is 1. The van der Waals surface area contributed by atoms with Crippen molar-refractivity contribution in [1.29, 1.82) is 0 Å². The third kappa shape index (κ3) is 2.84. The molecule has 2 heterocycles. The molecule has 0 aliphatic carbocycles. The van der Waals surface area contributed by atoms with Crippen LogP contribution in [0.2, 0.25) is 0 Å². The van der Waals surface area contributed by atoms with Crippen LogP contribution in [-0.4, -0.2) is 36.2 Å². The van der Waals surface area contributed by atoms with Crippen molar-refractivity contribution < 1.29 is 0 Å². The van der Waals surface area contributed by atoms with Gasteiger partial charge in [0.25, 0.3) is 0 Å². The van der Waals surface area contributed by atoms with E-state index >= 15 is 0 Å². The molecule has 0 spiro atoms. The highest BCUT2D eigenvalue weighted by Gasteiger charge is 2.23. The fourth-order valence-electron chi connectivity index (χ4n) is 1.99. The molecule has 1 atom stereocenters. The Morgan fingerprint density at radius 3 is 2.88 bits per heavy atom. The number of nitrogens with two attached hydrogens (primary N) is 2. The maximum Gasteiger partial charge on any atom is 0.194 e. The van der Waals surface area contributed by atoms with Gasteiger partial charge in [-0.1, -0.05) is 12.2 Å². The molecule has 0 saturated carbocycles. The quantitative estimate of drug-likeness (QED) is 0.571. The summed E-state index contributed by atoms with van der Waals surface area (Å²) in [7, 11) is 0. The Labute approximate surface area is 95.9 Å². The summed E-state index contributed by atoms with van der Waals surface area (Å²) in [6, 6.07) is 0. The first kappa shape index (κ1) is 11.2. The number of hydrogen-bond donors (Lipinski definition) is 3. The molecule has 16 heavy (non-hydrogen) atoms. The second-order valence-corrected chi connectivity index (χ2v) is 4.30. The number of nitrogens with one attached hydrogen (secondary N) is 1. The lowest BCUT2D eigenvalue weighted by atomic mass is 10.0. The third-order valence-electron chi connectivity index (χ3n) is 2.88. The van der Waals surface area contributed by atoms with E-state index in [0.717, 1.165) is 32.5 Å². The van der Waals surface area contributed by atoms with Gasteiger partial charge in [-0.15, -0.1) is 0 Å². The Balaban J connectivity index is 1.76. The summed E-state index contributed by atoms with van der Waals surface area (Å²) in [6.45, 7) is 3.17. The molecule has 1 unspecified atom stereocenters. The van der Waals surface area contributed by atoms with Crippen molar-refractivity contribution >= 4 is 5.96 Å². The molecule has 0 aromatic carbocycles. The standard InChI is InChI=1S/C11H19N5/c12-10-14-6-5-11(13,15-10)4-3-9-16-7-1-2-8-16/h1-2,5-6H,3-4,7-9,13H2,(H3,12,14,15). The van der Waals surface area contributed by atoms with E-state index in [4.69, 9.17) is 11.5 Å². The molecular weight excluding hydrogens is 202 g/mol. The van der Waals surface area contributed by atoms with Gasteiger partial charge in [-0.2, -0.15) is 0 Å². The van der Waals surface area contributed by atoms with Gasteiger partial charge in [-0.3, -0.25) is 4.90 Å². The first-order valence-corrected chi connectivity index (χ1v) is 5.64. The van der Waals surface area contributed by atoms with Crippen LogP contribution in [0.1, 0.15) is 12.8 Å². The predicted octanol–water partition coefficient (Wildman–Crippen LogP) is -0.275. The molecule has 2 aliphatic rings. The molecule has 0 radical (unpaired) electrons. The summed E-state index contributed by atoms with van der Waals surface area (Å²) >= 11 is 0. The number of rotatable bonds is 4. The van der Waals surface area contributed by atoms with E-state index in [9.17, 15) is 0 Å². The molecule has 88 valence electrons. The molecule has 2 rings (SSSR count). The van der Waals surface area contributed by atoms with Gasteiger partial charge >= 0.3 is 0 Å². The Morgan fingerprint density at radius 1 is 1.44 bits per heavy atom. The first-order chi connectivity index (χ1) is 7.68. The van der Waals surface area contributed by atoms with E-state index in [1.165, 1.54) is 0 Å². The van der Waals surface area contributed by atoms with Gasteiger partial charge in [0.2, 0.25) is 0 Å². The average Bonchev–Trinajstić information content (AvgIpc) is 2.69. The normalized spacial score (nSPS) is 29.2.